The zero-order valence-electron chi connectivity index (χ0n) is 13.4. The third-order valence-electron chi connectivity index (χ3n) is 4.48. The van der Waals surface area contributed by atoms with E-state index in [-0.39, 0.29) is 22.0 Å². The Balaban J connectivity index is 2.14. The van der Waals surface area contributed by atoms with Gasteiger partial charge in [0, 0.05) is 19.6 Å². The molecule has 0 spiro atoms. The first-order valence-corrected chi connectivity index (χ1v) is 8.74. The van der Waals surface area contributed by atoms with Crippen LogP contribution < -0.4 is 15.9 Å². The summed E-state index contributed by atoms with van der Waals surface area (Å²) in [6.45, 7) is 3.63. The lowest BCUT2D eigenvalue weighted by Crippen LogP contribution is -2.37. The summed E-state index contributed by atoms with van der Waals surface area (Å²) >= 11 is 0.980. The minimum Gasteiger partial charge on any atom is -0.378 e. The van der Waals surface area contributed by atoms with Gasteiger partial charge in [0.05, 0.1) is 24.1 Å². The van der Waals surface area contributed by atoms with Crippen LogP contribution in [0, 0.1) is 11.6 Å². The van der Waals surface area contributed by atoms with Gasteiger partial charge in [-0.3, -0.25) is 14.0 Å². The van der Waals surface area contributed by atoms with Gasteiger partial charge in [-0.15, -0.1) is 0 Å². The van der Waals surface area contributed by atoms with Gasteiger partial charge in [-0.2, -0.15) is 0 Å². The molecule has 0 amide bonds. The summed E-state index contributed by atoms with van der Waals surface area (Å²) < 4.78 is 39.2. The fourth-order valence-corrected chi connectivity index (χ4v) is 4.24. The number of benzene rings is 1. The molecule has 1 aliphatic heterocycles. The number of hydrogen-bond donors (Lipinski definition) is 1. The summed E-state index contributed by atoms with van der Waals surface area (Å²) in [7, 11) is 0. The number of morpholine rings is 1. The zero-order valence-corrected chi connectivity index (χ0v) is 14.2. The molecule has 132 valence electrons. The molecule has 3 heterocycles. The molecule has 4 rings (SSSR count). The van der Waals surface area contributed by atoms with Crippen LogP contribution in [0.3, 0.4) is 0 Å². The highest BCUT2D eigenvalue weighted by Crippen LogP contribution is 2.32. The lowest BCUT2D eigenvalue weighted by molar-refractivity contribution is 0.122. The number of hydrogen-bond acceptors (Lipinski definition) is 5. The van der Waals surface area contributed by atoms with Crippen molar-refractivity contribution in [1.29, 1.82) is 0 Å². The quantitative estimate of drug-likeness (QED) is 0.753. The molecule has 9 heteroatoms. The van der Waals surface area contributed by atoms with Crippen LogP contribution in [0.15, 0.2) is 15.7 Å². The third-order valence-corrected chi connectivity index (χ3v) is 5.39. The van der Waals surface area contributed by atoms with Crippen molar-refractivity contribution in [1.82, 2.24) is 8.94 Å². The fourth-order valence-electron chi connectivity index (χ4n) is 3.33. The molecule has 0 aliphatic carbocycles. The number of ether oxygens (including phenoxy) is 1. The zero-order chi connectivity index (χ0) is 17.7. The predicted octanol–water partition coefficient (Wildman–Crippen LogP) is 2.04. The molecule has 0 saturated carbocycles. The van der Waals surface area contributed by atoms with E-state index in [4.69, 9.17) is 4.74 Å². The number of pyridine rings is 1. The maximum atomic E-state index is 15.3. The summed E-state index contributed by atoms with van der Waals surface area (Å²) in [5, 5.41) is -0.178. The van der Waals surface area contributed by atoms with E-state index >= 15 is 4.39 Å². The Kier molecular flexibility index (Phi) is 3.84. The average molecular weight is 367 g/mol. The highest BCUT2D eigenvalue weighted by atomic mass is 32.1. The first kappa shape index (κ1) is 16.2. The van der Waals surface area contributed by atoms with Crippen molar-refractivity contribution in [3.8, 4) is 0 Å². The van der Waals surface area contributed by atoms with Gasteiger partial charge in [0.1, 0.15) is 21.7 Å². The van der Waals surface area contributed by atoms with E-state index in [1.165, 1.54) is 0 Å². The Morgan fingerprint density at radius 2 is 2.00 bits per heavy atom. The third kappa shape index (κ3) is 2.30. The topological polar surface area (TPSA) is 67.3 Å². The summed E-state index contributed by atoms with van der Waals surface area (Å²) in [5.74, 6) is -1.59. The molecular weight excluding hydrogens is 352 g/mol. The van der Waals surface area contributed by atoms with Gasteiger partial charge in [0.2, 0.25) is 5.43 Å². The molecular formula is C16H15F2N3O3S. The van der Waals surface area contributed by atoms with E-state index in [2.05, 4.69) is 4.37 Å². The van der Waals surface area contributed by atoms with Crippen LogP contribution in [0.1, 0.15) is 6.92 Å². The normalized spacial score (nSPS) is 15.4. The van der Waals surface area contributed by atoms with Crippen molar-refractivity contribution in [3.05, 3.63) is 38.3 Å². The number of H-pyrrole nitrogens is 1. The summed E-state index contributed by atoms with van der Waals surface area (Å²) in [6.07, 6.45) is 0. The average Bonchev–Trinajstić information content (AvgIpc) is 2.99. The lowest BCUT2D eigenvalue weighted by Gasteiger charge is -2.30. The molecule has 1 saturated heterocycles. The molecule has 0 unspecified atom stereocenters. The maximum absolute atomic E-state index is 15.3. The van der Waals surface area contributed by atoms with Crippen LogP contribution in [-0.4, -0.2) is 35.2 Å². The molecule has 0 bridgehead atoms. The number of aromatic amines is 1. The second-order valence-electron chi connectivity index (χ2n) is 5.80. The number of rotatable bonds is 2. The Labute approximate surface area is 144 Å². The van der Waals surface area contributed by atoms with Crippen molar-refractivity contribution < 1.29 is 13.5 Å². The van der Waals surface area contributed by atoms with Crippen LogP contribution in [0.25, 0.3) is 21.1 Å². The largest absolute Gasteiger partial charge is 0.378 e. The molecule has 1 aliphatic rings. The van der Waals surface area contributed by atoms with Crippen molar-refractivity contribution in [2.45, 2.75) is 13.5 Å². The standard InChI is InChI=1S/C16H15F2N3O3S/c1-2-21-12-8(14(22)10-15(23)19-25-16(10)21)7-9(17)13(11(12)18)20-3-5-24-6-4-20/h7H,2-6H2,1H3,(H,19,23). The van der Waals surface area contributed by atoms with Crippen molar-refractivity contribution in [2.24, 2.45) is 0 Å². The van der Waals surface area contributed by atoms with Crippen LogP contribution >= 0.6 is 11.5 Å². The monoisotopic (exact) mass is 367 g/mol. The van der Waals surface area contributed by atoms with E-state index in [1.807, 2.05) is 0 Å². The van der Waals surface area contributed by atoms with Gasteiger partial charge in [-0.25, -0.2) is 8.78 Å². The van der Waals surface area contributed by atoms with Crippen molar-refractivity contribution >= 4 is 38.3 Å². The second kappa shape index (κ2) is 5.92. The fraction of sp³-hybridized carbons (Fsp3) is 0.375. The molecule has 25 heavy (non-hydrogen) atoms. The van der Waals surface area contributed by atoms with Gasteiger partial charge >= 0.3 is 0 Å². The molecule has 2 aromatic heterocycles. The van der Waals surface area contributed by atoms with Crippen molar-refractivity contribution in [2.75, 3.05) is 31.2 Å². The van der Waals surface area contributed by atoms with E-state index in [0.717, 1.165) is 17.6 Å². The number of halogens is 2. The first-order chi connectivity index (χ1) is 12.0. The number of anilines is 1. The maximum Gasteiger partial charge on any atom is 0.271 e. The molecule has 6 nitrogen and oxygen atoms in total. The lowest BCUT2D eigenvalue weighted by atomic mass is 10.1. The number of nitrogens with zero attached hydrogens (tertiary/aromatic N) is 2. The first-order valence-electron chi connectivity index (χ1n) is 7.93. The van der Waals surface area contributed by atoms with Crippen LogP contribution in [0.2, 0.25) is 0 Å². The van der Waals surface area contributed by atoms with E-state index < -0.39 is 22.6 Å². The van der Waals surface area contributed by atoms with Gasteiger partial charge in [0.15, 0.2) is 5.82 Å². The van der Waals surface area contributed by atoms with Gasteiger partial charge in [-0.05, 0) is 24.5 Å². The minimum absolute atomic E-state index is 0.0261. The number of aryl methyl sites for hydroxylation is 1. The highest BCUT2D eigenvalue weighted by molar-refractivity contribution is 7.12. The number of aromatic nitrogens is 2. The van der Waals surface area contributed by atoms with Crippen LogP contribution in [-0.2, 0) is 11.3 Å². The SMILES string of the molecule is CCn1c2s[nH]c(=O)c2c(=O)c2cc(F)c(N3CCOCC3)c(F)c21. The predicted molar refractivity (Wildman–Crippen MR) is 92.8 cm³/mol. The van der Waals surface area contributed by atoms with Crippen LogP contribution in [0.5, 0.6) is 0 Å². The van der Waals surface area contributed by atoms with Crippen molar-refractivity contribution in [3.63, 3.8) is 0 Å². The Morgan fingerprint density at radius 1 is 1.28 bits per heavy atom. The van der Waals surface area contributed by atoms with E-state index in [9.17, 15) is 14.0 Å². The molecule has 3 aromatic rings. The Bertz CT molecular complexity index is 1100. The number of fused-ring (bicyclic) bond motifs is 2. The Morgan fingerprint density at radius 3 is 2.68 bits per heavy atom. The van der Waals surface area contributed by atoms with Gasteiger partial charge in [-0.1, -0.05) is 0 Å². The van der Waals surface area contributed by atoms with E-state index in [0.29, 0.717) is 37.7 Å². The van der Waals surface area contributed by atoms with E-state index in [1.54, 1.807) is 16.4 Å². The molecule has 1 N–H and O–H groups in total. The molecule has 0 radical (unpaired) electrons. The Hall–Kier alpha value is -2.26. The smallest absolute Gasteiger partial charge is 0.271 e. The number of nitrogens with one attached hydrogen (secondary N) is 1. The summed E-state index contributed by atoms with van der Waals surface area (Å²) in [5.41, 5.74) is -1.31. The summed E-state index contributed by atoms with van der Waals surface area (Å²) in [6, 6.07) is 1.04. The van der Waals surface area contributed by atoms with Crippen LogP contribution in [0.4, 0.5) is 14.5 Å². The molecule has 0 atom stereocenters. The van der Waals surface area contributed by atoms with Gasteiger partial charge in [0.25, 0.3) is 5.56 Å². The molecule has 1 aromatic carbocycles. The molecule has 1 fully saturated rings. The highest BCUT2D eigenvalue weighted by Gasteiger charge is 2.26. The summed E-state index contributed by atoms with van der Waals surface area (Å²) in [4.78, 5) is 26.5. The minimum atomic E-state index is -0.808. The van der Waals surface area contributed by atoms with Gasteiger partial charge < -0.3 is 14.2 Å². The second-order valence-corrected chi connectivity index (χ2v) is 6.60.